The number of hydrogen-bond donors (Lipinski definition) is 1. The second kappa shape index (κ2) is 5.16. The smallest absolute Gasteiger partial charge is 0.0646 e. The van der Waals surface area contributed by atoms with Crippen molar-refractivity contribution in [3.63, 3.8) is 0 Å². The average molecular weight is 259 g/mol. The van der Waals surface area contributed by atoms with E-state index in [9.17, 15) is 0 Å². The Hall–Kier alpha value is -1.02. The number of benzene rings is 1. The van der Waals surface area contributed by atoms with Crippen LogP contribution in [0, 0.1) is 0 Å². The van der Waals surface area contributed by atoms with Gasteiger partial charge in [-0.3, -0.25) is 0 Å². The van der Waals surface area contributed by atoms with Crippen LogP contribution in [0.4, 0.5) is 5.69 Å². The molecule has 0 spiro atoms. The first-order valence-corrected chi connectivity index (χ1v) is 7.65. The second-order valence-corrected chi connectivity index (χ2v) is 6.59. The molecule has 19 heavy (non-hydrogen) atoms. The van der Waals surface area contributed by atoms with Crippen LogP contribution in [-0.4, -0.2) is 18.2 Å². The molecule has 0 amide bonds. The minimum atomic E-state index is 0.0186. The van der Waals surface area contributed by atoms with Crippen molar-refractivity contribution in [3.05, 3.63) is 29.3 Å². The fourth-order valence-corrected chi connectivity index (χ4v) is 3.49. The highest BCUT2D eigenvalue weighted by atomic mass is 16.5. The van der Waals surface area contributed by atoms with Crippen LogP contribution >= 0.6 is 0 Å². The summed E-state index contributed by atoms with van der Waals surface area (Å²) >= 11 is 0. The minimum absolute atomic E-state index is 0.0186. The second-order valence-electron chi connectivity index (χ2n) is 6.59. The number of rotatable bonds is 2. The first-order chi connectivity index (χ1) is 9.14. The molecule has 1 unspecified atom stereocenters. The van der Waals surface area contributed by atoms with E-state index in [1.807, 2.05) is 0 Å². The predicted octanol–water partition coefficient (Wildman–Crippen LogP) is 3.93. The van der Waals surface area contributed by atoms with Crippen molar-refractivity contribution in [2.75, 3.05) is 11.9 Å². The molecule has 2 aliphatic rings. The van der Waals surface area contributed by atoms with E-state index in [2.05, 4.69) is 37.4 Å². The topological polar surface area (TPSA) is 21.3 Å². The van der Waals surface area contributed by atoms with Crippen LogP contribution < -0.4 is 5.32 Å². The van der Waals surface area contributed by atoms with E-state index < -0.39 is 0 Å². The van der Waals surface area contributed by atoms with Gasteiger partial charge >= 0.3 is 0 Å². The first kappa shape index (κ1) is 13.0. The van der Waals surface area contributed by atoms with Gasteiger partial charge in [-0.15, -0.1) is 0 Å². The molecule has 0 bridgehead atoms. The summed E-state index contributed by atoms with van der Waals surface area (Å²) in [6.45, 7) is 5.27. The van der Waals surface area contributed by atoms with Crippen LogP contribution in [0.1, 0.15) is 50.7 Å². The molecule has 1 aromatic rings. The maximum absolute atomic E-state index is 5.81. The molecule has 0 saturated carbocycles. The Morgan fingerprint density at radius 3 is 2.89 bits per heavy atom. The molecule has 1 N–H and O–H groups in total. The number of anilines is 1. The van der Waals surface area contributed by atoms with Gasteiger partial charge in [-0.25, -0.2) is 0 Å². The van der Waals surface area contributed by atoms with Crippen molar-refractivity contribution >= 4 is 5.69 Å². The van der Waals surface area contributed by atoms with E-state index in [0.29, 0.717) is 6.04 Å². The molecule has 1 saturated heterocycles. The lowest BCUT2D eigenvalue weighted by molar-refractivity contribution is -0.0553. The quantitative estimate of drug-likeness (QED) is 0.868. The number of nitrogens with one attached hydrogen (secondary N) is 1. The van der Waals surface area contributed by atoms with Gasteiger partial charge in [0, 0.05) is 18.3 Å². The third-order valence-corrected chi connectivity index (χ3v) is 4.45. The van der Waals surface area contributed by atoms with Gasteiger partial charge in [-0.1, -0.05) is 12.1 Å². The van der Waals surface area contributed by atoms with Crippen LogP contribution in [0.25, 0.3) is 0 Å². The molecule has 1 atom stereocenters. The first-order valence-electron chi connectivity index (χ1n) is 7.65. The summed E-state index contributed by atoms with van der Waals surface area (Å²) in [5, 5.41) is 3.78. The molecule has 2 heteroatoms. The highest BCUT2D eigenvalue weighted by Gasteiger charge is 2.29. The van der Waals surface area contributed by atoms with E-state index in [1.54, 1.807) is 11.1 Å². The number of aryl methyl sites for hydroxylation is 1. The zero-order valence-electron chi connectivity index (χ0n) is 12.2. The maximum atomic E-state index is 5.81. The largest absolute Gasteiger partial charge is 0.382 e. The molecule has 1 heterocycles. The number of ether oxygens (including phenoxy) is 1. The lowest BCUT2D eigenvalue weighted by Crippen LogP contribution is -2.40. The van der Waals surface area contributed by atoms with E-state index in [1.165, 1.54) is 31.4 Å². The predicted molar refractivity (Wildman–Crippen MR) is 79.8 cm³/mol. The highest BCUT2D eigenvalue weighted by molar-refractivity contribution is 5.56. The number of fused-ring (bicyclic) bond motifs is 1. The van der Waals surface area contributed by atoms with Crippen LogP contribution in [0.5, 0.6) is 0 Å². The minimum Gasteiger partial charge on any atom is -0.382 e. The Kier molecular flexibility index (Phi) is 3.53. The molecule has 1 fully saturated rings. The van der Waals surface area contributed by atoms with Crippen molar-refractivity contribution in [1.29, 1.82) is 0 Å². The standard InChI is InChI=1S/C17H25NO/c1-17(2)12-14(10-11-19-17)18-16-9-5-7-13-6-3-4-8-15(13)16/h5,7,9,14,18H,3-4,6,8,10-12H2,1-2H3. The summed E-state index contributed by atoms with van der Waals surface area (Å²) in [5.74, 6) is 0. The van der Waals surface area contributed by atoms with Crippen LogP contribution in [0.3, 0.4) is 0 Å². The fraction of sp³-hybridized carbons (Fsp3) is 0.647. The molecule has 1 aromatic carbocycles. The summed E-state index contributed by atoms with van der Waals surface area (Å²) < 4.78 is 5.81. The summed E-state index contributed by atoms with van der Waals surface area (Å²) in [7, 11) is 0. The third kappa shape index (κ3) is 2.94. The van der Waals surface area contributed by atoms with E-state index in [0.717, 1.165) is 19.4 Å². The zero-order chi connectivity index (χ0) is 13.3. The van der Waals surface area contributed by atoms with Crippen molar-refractivity contribution in [2.24, 2.45) is 0 Å². The van der Waals surface area contributed by atoms with Crippen molar-refractivity contribution < 1.29 is 4.74 Å². The summed E-state index contributed by atoms with van der Waals surface area (Å²) in [6.07, 6.45) is 7.39. The van der Waals surface area contributed by atoms with Gasteiger partial charge in [-0.2, -0.15) is 0 Å². The molecule has 0 radical (unpaired) electrons. The highest BCUT2D eigenvalue weighted by Crippen LogP contribution is 2.31. The molecule has 2 nitrogen and oxygen atoms in total. The Balaban J connectivity index is 1.76. The third-order valence-electron chi connectivity index (χ3n) is 4.45. The molecule has 104 valence electrons. The Labute approximate surface area is 116 Å². The van der Waals surface area contributed by atoms with E-state index in [4.69, 9.17) is 4.74 Å². The maximum Gasteiger partial charge on any atom is 0.0646 e. The number of hydrogen-bond acceptors (Lipinski definition) is 2. The Bertz CT molecular complexity index is 453. The lowest BCUT2D eigenvalue weighted by Gasteiger charge is -2.37. The van der Waals surface area contributed by atoms with Gasteiger partial charge in [0.15, 0.2) is 0 Å². The Morgan fingerprint density at radius 1 is 1.21 bits per heavy atom. The summed E-state index contributed by atoms with van der Waals surface area (Å²) in [6, 6.07) is 7.31. The van der Waals surface area contributed by atoms with Gasteiger partial charge in [-0.05, 0) is 69.6 Å². The van der Waals surface area contributed by atoms with Crippen LogP contribution in [0.15, 0.2) is 18.2 Å². The SMILES string of the molecule is CC1(C)CC(Nc2cccc3c2CCCC3)CCO1. The molecule has 1 aliphatic heterocycles. The molecular weight excluding hydrogens is 234 g/mol. The van der Waals surface area contributed by atoms with Gasteiger partial charge in [0.1, 0.15) is 0 Å². The molecular formula is C17H25NO. The Morgan fingerprint density at radius 2 is 2.05 bits per heavy atom. The molecule has 0 aromatic heterocycles. The van der Waals surface area contributed by atoms with Crippen molar-refractivity contribution in [2.45, 2.75) is 64.0 Å². The molecule has 1 aliphatic carbocycles. The average Bonchev–Trinajstić information content (AvgIpc) is 2.38. The fourth-order valence-electron chi connectivity index (χ4n) is 3.49. The van der Waals surface area contributed by atoms with Crippen LogP contribution in [-0.2, 0) is 17.6 Å². The summed E-state index contributed by atoms with van der Waals surface area (Å²) in [4.78, 5) is 0. The van der Waals surface area contributed by atoms with Gasteiger partial charge in [0.05, 0.1) is 5.60 Å². The van der Waals surface area contributed by atoms with Gasteiger partial charge < -0.3 is 10.1 Å². The summed E-state index contributed by atoms with van der Waals surface area (Å²) in [5.41, 5.74) is 4.52. The van der Waals surface area contributed by atoms with E-state index >= 15 is 0 Å². The van der Waals surface area contributed by atoms with Crippen LogP contribution in [0.2, 0.25) is 0 Å². The monoisotopic (exact) mass is 259 g/mol. The van der Waals surface area contributed by atoms with Crippen molar-refractivity contribution in [3.8, 4) is 0 Å². The van der Waals surface area contributed by atoms with Crippen molar-refractivity contribution in [1.82, 2.24) is 0 Å². The normalized spacial score (nSPS) is 25.7. The van der Waals surface area contributed by atoms with Gasteiger partial charge in [0.25, 0.3) is 0 Å². The molecule has 3 rings (SSSR count). The lowest BCUT2D eigenvalue weighted by atomic mass is 9.89. The zero-order valence-corrected chi connectivity index (χ0v) is 12.2. The van der Waals surface area contributed by atoms with Gasteiger partial charge in [0.2, 0.25) is 0 Å². The van der Waals surface area contributed by atoms with E-state index in [-0.39, 0.29) is 5.60 Å².